The van der Waals surface area contributed by atoms with Gasteiger partial charge in [0.2, 0.25) is 11.8 Å². The molecule has 0 heterocycles. The van der Waals surface area contributed by atoms with Gasteiger partial charge in [-0.05, 0) is 29.8 Å². The van der Waals surface area contributed by atoms with Gasteiger partial charge in [0.25, 0.3) is 0 Å². The Morgan fingerprint density at radius 3 is 2.52 bits per heavy atom. The topological polar surface area (TPSA) is 67.9 Å². The van der Waals surface area contributed by atoms with Crippen molar-refractivity contribution in [3.05, 3.63) is 53.8 Å². The highest BCUT2D eigenvalue weighted by atomic mass is 19.1. The predicted molar refractivity (Wildman–Crippen MR) is 101 cm³/mol. The molecule has 0 atom stereocenters. The van der Waals surface area contributed by atoms with E-state index < -0.39 is 0 Å². The molecule has 2 rings (SSSR count). The van der Waals surface area contributed by atoms with Crippen LogP contribution in [0.25, 0.3) is 0 Å². The Morgan fingerprint density at radius 1 is 1.11 bits per heavy atom. The molecule has 0 radical (unpaired) electrons. The van der Waals surface area contributed by atoms with E-state index in [0.29, 0.717) is 22.7 Å². The van der Waals surface area contributed by atoms with Crippen LogP contribution < -0.4 is 19.7 Å². The minimum atomic E-state index is -0.381. The average Bonchev–Trinajstić information content (AvgIpc) is 2.64. The number of hydrogen-bond donors (Lipinski definition) is 1. The van der Waals surface area contributed by atoms with Gasteiger partial charge in [-0.25, -0.2) is 4.39 Å². The summed E-state index contributed by atoms with van der Waals surface area (Å²) >= 11 is 0. The summed E-state index contributed by atoms with van der Waals surface area (Å²) in [5, 5.41) is 2.74. The Morgan fingerprint density at radius 2 is 1.89 bits per heavy atom. The summed E-state index contributed by atoms with van der Waals surface area (Å²) in [6.07, 6.45) is 0.0698. The predicted octanol–water partition coefficient (Wildman–Crippen LogP) is 2.55. The molecule has 7 heteroatoms. The number of amides is 2. The quantitative estimate of drug-likeness (QED) is 0.771. The van der Waals surface area contributed by atoms with Crippen LogP contribution in [0.1, 0.15) is 12.5 Å². The molecule has 1 N–H and O–H groups in total. The number of benzene rings is 2. The first-order chi connectivity index (χ1) is 12.9. The lowest BCUT2D eigenvalue weighted by molar-refractivity contribution is -0.121. The molecule has 0 aliphatic rings. The number of anilines is 1. The summed E-state index contributed by atoms with van der Waals surface area (Å²) in [5.41, 5.74) is 1.15. The van der Waals surface area contributed by atoms with Crippen LogP contribution in [-0.4, -0.2) is 39.1 Å². The van der Waals surface area contributed by atoms with E-state index in [1.807, 2.05) is 0 Å². The highest BCUT2D eigenvalue weighted by Gasteiger charge is 2.17. The van der Waals surface area contributed by atoms with Gasteiger partial charge in [0, 0.05) is 26.1 Å². The van der Waals surface area contributed by atoms with Crippen molar-refractivity contribution in [1.29, 1.82) is 0 Å². The summed E-state index contributed by atoms with van der Waals surface area (Å²) < 4.78 is 23.7. The first kappa shape index (κ1) is 20.2. The van der Waals surface area contributed by atoms with Gasteiger partial charge < -0.3 is 19.7 Å². The number of nitrogens with one attached hydrogen (secondary N) is 1. The standard InChI is InChI=1S/C20H23FN2O4/c1-14(24)23(18-13-17(26-2)7-8-19(18)27-3)10-9-22-20(25)12-15-5-4-6-16(21)11-15/h4-8,11,13H,9-10,12H2,1-3H3,(H,22,25). The first-order valence-corrected chi connectivity index (χ1v) is 8.46. The van der Waals surface area contributed by atoms with Crippen molar-refractivity contribution < 1.29 is 23.5 Å². The third-order valence-corrected chi connectivity index (χ3v) is 3.97. The van der Waals surface area contributed by atoms with E-state index in [4.69, 9.17) is 9.47 Å². The molecule has 0 saturated heterocycles. The summed E-state index contributed by atoms with van der Waals surface area (Å²) in [6, 6.07) is 11.1. The second-order valence-electron chi connectivity index (χ2n) is 5.87. The zero-order chi connectivity index (χ0) is 19.8. The van der Waals surface area contributed by atoms with E-state index in [0.717, 1.165) is 0 Å². The monoisotopic (exact) mass is 374 g/mol. The fraction of sp³-hybridized carbons (Fsp3) is 0.300. The molecule has 2 aromatic rings. The van der Waals surface area contributed by atoms with Crippen LogP contribution in [0, 0.1) is 5.82 Å². The Kier molecular flexibility index (Phi) is 7.16. The van der Waals surface area contributed by atoms with Gasteiger partial charge in [-0.3, -0.25) is 9.59 Å². The molecular weight excluding hydrogens is 351 g/mol. The molecule has 2 aromatic carbocycles. The minimum Gasteiger partial charge on any atom is -0.497 e. The second kappa shape index (κ2) is 9.56. The molecule has 0 unspecified atom stereocenters. The van der Waals surface area contributed by atoms with Gasteiger partial charge in [0.1, 0.15) is 17.3 Å². The van der Waals surface area contributed by atoms with E-state index in [2.05, 4.69) is 5.32 Å². The maximum absolute atomic E-state index is 13.2. The number of hydrogen-bond acceptors (Lipinski definition) is 4. The van der Waals surface area contributed by atoms with Crippen LogP contribution in [0.4, 0.5) is 10.1 Å². The second-order valence-corrected chi connectivity index (χ2v) is 5.87. The van der Waals surface area contributed by atoms with Crippen molar-refractivity contribution in [1.82, 2.24) is 5.32 Å². The number of nitrogens with zero attached hydrogens (tertiary/aromatic N) is 1. The maximum atomic E-state index is 13.2. The third kappa shape index (κ3) is 5.70. The molecule has 6 nitrogen and oxygen atoms in total. The minimum absolute atomic E-state index is 0.0698. The highest BCUT2D eigenvalue weighted by Crippen LogP contribution is 2.32. The molecular formula is C20H23FN2O4. The van der Waals surface area contributed by atoms with E-state index in [9.17, 15) is 14.0 Å². The zero-order valence-electron chi connectivity index (χ0n) is 15.6. The van der Waals surface area contributed by atoms with Gasteiger partial charge in [-0.2, -0.15) is 0 Å². The van der Waals surface area contributed by atoms with Gasteiger partial charge in [0.15, 0.2) is 0 Å². The molecule has 0 fully saturated rings. The van der Waals surface area contributed by atoms with Crippen molar-refractivity contribution in [3.63, 3.8) is 0 Å². The number of ether oxygens (including phenoxy) is 2. The SMILES string of the molecule is COc1ccc(OC)c(N(CCNC(=O)Cc2cccc(F)c2)C(C)=O)c1. The Bertz CT molecular complexity index is 810. The Hall–Kier alpha value is -3.09. The van der Waals surface area contributed by atoms with E-state index in [1.165, 1.54) is 38.2 Å². The number of methoxy groups -OCH3 is 2. The molecule has 27 heavy (non-hydrogen) atoms. The van der Waals surface area contributed by atoms with Crippen molar-refractivity contribution in [3.8, 4) is 11.5 Å². The molecule has 2 amide bonds. The molecule has 0 saturated carbocycles. The molecule has 0 aliphatic heterocycles. The summed E-state index contributed by atoms with van der Waals surface area (Å²) in [7, 11) is 3.06. The number of rotatable bonds is 8. The smallest absolute Gasteiger partial charge is 0.224 e. The number of carbonyl (C=O) groups is 2. The van der Waals surface area contributed by atoms with Gasteiger partial charge in [-0.1, -0.05) is 12.1 Å². The van der Waals surface area contributed by atoms with E-state index >= 15 is 0 Å². The molecule has 144 valence electrons. The van der Waals surface area contributed by atoms with Crippen LogP contribution in [0.15, 0.2) is 42.5 Å². The molecule has 0 aromatic heterocycles. The Labute approximate surface area is 157 Å². The fourth-order valence-corrected chi connectivity index (χ4v) is 2.66. The average molecular weight is 374 g/mol. The van der Waals surface area contributed by atoms with Gasteiger partial charge in [0.05, 0.1) is 26.3 Å². The van der Waals surface area contributed by atoms with Crippen LogP contribution >= 0.6 is 0 Å². The molecule has 0 aliphatic carbocycles. The number of halogens is 1. The van der Waals surface area contributed by atoms with Crippen molar-refractivity contribution in [2.75, 3.05) is 32.2 Å². The van der Waals surface area contributed by atoms with Crippen LogP contribution in [0.2, 0.25) is 0 Å². The lowest BCUT2D eigenvalue weighted by Gasteiger charge is -2.24. The summed E-state index contributed by atoms with van der Waals surface area (Å²) in [6.45, 7) is 1.94. The van der Waals surface area contributed by atoms with E-state index in [1.54, 1.807) is 30.3 Å². The van der Waals surface area contributed by atoms with Crippen molar-refractivity contribution >= 4 is 17.5 Å². The molecule has 0 bridgehead atoms. The maximum Gasteiger partial charge on any atom is 0.224 e. The van der Waals surface area contributed by atoms with Crippen molar-refractivity contribution in [2.24, 2.45) is 0 Å². The largest absolute Gasteiger partial charge is 0.497 e. The van der Waals surface area contributed by atoms with Gasteiger partial charge in [-0.15, -0.1) is 0 Å². The van der Waals surface area contributed by atoms with Gasteiger partial charge >= 0.3 is 0 Å². The highest BCUT2D eigenvalue weighted by molar-refractivity contribution is 5.93. The Balaban J connectivity index is 2.01. The van der Waals surface area contributed by atoms with Crippen LogP contribution in [-0.2, 0) is 16.0 Å². The van der Waals surface area contributed by atoms with Crippen LogP contribution in [0.3, 0.4) is 0 Å². The first-order valence-electron chi connectivity index (χ1n) is 8.46. The van der Waals surface area contributed by atoms with Crippen molar-refractivity contribution in [2.45, 2.75) is 13.3 Å². The normalized spacial score (nSPS) is 10.2. The molecule has 0 spiro atoms. The van der Waals surface area contributed by atoms with Crippen LogP contribution in [0.5, 0.6) is 11.5 Å². The summed E-state index contributed by atoms with van der Waals surface area (Å²) in [4.78, 5) is 25.6. The third-order valence-electron chi connectivity index (χ3n) is 3.97. The summed E-state index contributed by atoms with van der Waals surface area (Å²) in [5.74, 6) is 0.292. The lowest BCUT2D eigenvalue weighted by Crippen LogP contribution is -2.38. The fourth-order valence-electron chi connectivity index (χ4n) is 2.66. The van der Waals surface area contributed by atoms with E-state index in [-0.39, 0.29) is 37.1 Å². The number of carbonyl (C=O) groups excluding carboxylic acids is 2. The zero-order valence-corrected chi connectivity index (χ0v) is 15.6. The lowest BCUT2D eigenvalue weighted by atomic mass is 10.1.